The standard InChI is InChI=1S/C5H8O4/c1-3(6)2-4(7)5(8)9/h4,6-7H,1-2H2,(H,8,9)/t4-/m0/s1. The van der Waals surface area contributed by atoms with Crippen LogP contribution in [0.1, 0.15) is 6.42 Å². The Hall–Kier alpha value is -1.03. The summed E-state index contributed by atoms with van der Waals surface area (Å²) in [6, 6.07) is 0. The molecule has 0 aliphatic rings. The molecule has 3 N–H and O–H groups in total. The molecule has 4 heteroatoms. The van der Waals surface area contributed by atoms with Crippen LogP contribution in [0.25, 0.3) is 0 Å². The van der Waals surface area contributed by atoms with Gasteiger partial charge in [0.05, 0.1) is 5.76 Å². The molecule has 4 nitrogen and oxygen atoms in total. The molecule has 0 aromatic carbocycles. The fourth-order valence-electron chi connectivity index (χ4n) is 0.310. The first-order valence-electron chi connectivity index (χ1n) is 2.31. The van der Waals surface area contributed by atoms with E-state index >= 15 is 0 Å². The zero-order valence-electron chi connectivity index (χ0n) is 4.74. The molecule has 0 radical (unpaired) electrons. The molecule has 0 saturated carbocycles. The molecular formula is C5H8O4. The van der Waals surface area contributed by atoms with Crippen molar-refractivity contribution in [1.29, 1.82) is 0 Å². The van der Waals surface area contributed by atoms with Crippen LogP contribution in [0.5, 0.6) is 0 Å². The summed E-state index contributed by atoms with van der Waals surface area (Å²) in [4.78, 5) is 9.83. The highest BCUT2D eigenvalue weighted by Gasteiger charge is 2.12. The Labute approximate surface area is 52.1 Å². The Morgan fingerprint density at radius 3 is 2.11 bits per heavy atom. The number of hydrogen-bond donors (Lipinski definition) is 3. The van der Waals surface area contributed by atoms with Gasteiger partial charge in [-0.2, -0.15) is 0 Å². The molecule has 0 rings (SSSR count). The van der Waals surface area contributed by atoms with Crippen molar-refractivity contribution in [2.75, 3.05) is 0 Å². The van der Waals surface area contributed by atoms with Crippen molar-refractivity contribution in [3.05, 3.63) is 12.3 Å². The number of rotatable bonds is 3. The summed E-state index contributed by atoms with van der Waals surface area (Å²) in [5.41, 5.74) is 0. The number of aliphatic hydroxyl groups excluding tert-OH is 2. The molecular weight excluding hydrogens is 124 g/mol. The lowest BCUT2D eigenvalue weighted by atomic mass is 10.2. The van der Waals surface area contributed by atoms with Crippen molar-refractivity contribution in [3.63, 3.8) is 0 Å². The molecule has 0 aliphatic heterocycles. The van der Waals surface area contributed by atoms with Crippen molar-refractivity contribution < 1.29 is 20.1 Å². The average Bonchev–Trinajstić information content (AvgIpc) is 1.63. The molecule has 0 aliphatic carbocycles. The highest BCUT2D eigenvalue weighted by molar-refractivity contribution is 5.72. The fourth-order valence-corrected chi connectivity index (χ4v) is 0.310. The maximum atomic E-state index is 9.83. The molecule has 0 unspecified atom stereocenters. The molecule has 9 heavy (non-hydrogen) atoms. The minimum absolute atomic E-state index is 0.310. The van der Waals surface area contributed by atoms with E-state index in [1.165, 1.54) is 0 Å². The van der Waals surface area contributed by atoms with E-state index in [1.54, 1.807) is 0 Å². The zero-order valence-corrected chi connectivity index (χ0v) is 4.74. The van der Waals surface area contributed by atoms with Crippen LogP contribution >= 0.6 is 0 Å². The lowest BCUT2D eigenvalue weighted by molar-refractivity contribution is -0.146. The van der Waals surface area contributed by atoms with Gasteiger partial charge in [0, 0.05) is 6.42 Å². The minimum Gasteiger partial charge on any atom is -0.513 e. The second-order valence-corrected chi connectivity index (χ2v) is 1.62. The SMILES string of the molecule is C=C(O)C[C@H](O)C(=O)O. The monoisotopic (exact) mass is 132 g/mol. The van der Waals surface area contributed by atoms with Crippen molar-refractivity contribution >= 4 is 5.97 Å². The lowest BCUT2D eigenvalue weighted by Crippen LogP contribution is -2.19. The van der Waals surface area contributed by atoms with Gasteiger partial charge in [0.25, 0.3) is 0 Å². The van der Waals surface area contributed by atoms with Gasteiger partial charge < -0.3 is 15.3 Å². The van der Waals surface area contributed by atoms with Gasteiger partial charge in [-0.1, -0.05) is 6.58 Å². The van der Waals surface area contributed by atoms with E-state index in [0.29, 0.717) is 0 Å². The fraction of sp³-hybridized carbons (Fsp3) is 0.400. The summed E-state index contributed by atoms with van der Waals surface area (Å²) in [5, 5.41) is 24.9. The average molecular weight is 132 g/mol. The highest BCUT2D eigenvalue weighted by atomic mass is 16.4. The Kier molecular flexibility index (Phi) is 2.73. The summed E-state index contributed by atoms with van der Waals surface area (Å²) in [6.07, 6.45) is -1.85. The van der Waals surface area contributed by atoms with E-state index in [-0.39, 0.29) is 12.2 Å². The normalized spacial score (nSPS) is 12.6. The van der Waals surface area contributed by atoms with Gasteiger partial charge in [-0.05, 0) is 0 Å². The van der Waals surface area contributed by atoms with Crippen LogP contribution in [0.3, 0.4) is 0 Å². The Balaban J connectivity index is 3.63. The predicted molar refractivity (Wildman–Crippen MR) is 30.0 cm³/mol. The van der Waals surface area contributed by atoms with Gasteiger partial charge in [-0.25, -0.2) is 4.79 Å². The molecule has 0 saturated heterocycles. The van der Waals surface area contributed by atoms with Gasteiger partial charge in [0.2, 0.25) is 0 Å². The first kappa shape index (κ1) is 7.97. The molecule has 0 aromatic rings. The van der Waals surface area contributed by atoms with E-state index in [9.17, 15) is 4.79 Å². The zero-order chi connectivity index (χ0) is 7.44. The van der Waals surface area contributed by atoms with Crippen molar-refractivity contribution in [2.45, 2.75) is 12.5 Å². The van der Waals surface area contributed by atoms with Gasteiger partial charge >= 0.3 is 5.97 Å². The third-order valence-corrected chi connectivity index (χ3v) is 0.714. The number of carbonyl (C=O) groups is 1. The Morgan fingerprint density at radius 2 is 2.00 bits per heavy atom. The first-order chi connectivity index (χ1) is 4.04. The molecule has 0 amide bonds. The Bertz CT molecular complexity index is 129. The topological polar surface area (TPSA) is 77.8 Å². The summed E-state index contributed by atoms with van der Waals surface area (Å²) < 4.78 is 0. The molecule has 0 aromatic heterocycles. The smallest absolute Gasteiger partial charge is 0.332 e. The second kappa shape index (κ2) is 3.09. The van der Waals surface area contributed by atoms with E-state index < -0.39 is 12.1 Å². The lowest BCUT2D eigenvalue weighted by Gasteiger charge is -2.01. The quantitative estimate of drug-likeness (QED) is 0.468. The van der Waals surface area contributed by atoms with Crippen LogP contribution in [-0.2, 0) is 4.79 Å². The van der Waals surface area contributed by atoms with Crippen LogP contribution in [-0.4, -0.2) is 27.4 Å². The minimum atomic E-state index is -1.54. The van der Waals surface area contributed by atoms with Crippen LogP contribution < -0.4 is 0 Å². The highest BCUT2D eigenvalue weighted by Crippen LogP contribution is 1.97. The van der Waals surface area contributed by atoms with E-state index in [2.05, 4.69) is 6.58 Å². The van der Waals surface area contributed by atoms with Gasteiger partial charge in [-0.15, -0.1) is 0 Å². The molecule has 0 heterocycles. The second-order valence-electron chi connectivity index (χ2n) is 1.62. The summed E-state index contributed by atoms with van der Waals surface area (Å²) in [6.45, 7) is 3.01. The first-order valence-corrected chi connectivity index (χ1v) is 2.31. The van der Waals surface area contributed by atoms with Gasteiger partial charge in [0.15, 0.2) is 6.10 Å². The molecule has 0 bridgehead atoms. The number of aliphatic hydroxyl groups is 2. The van der Waals surface area contributed by atoms with Crippen LogP contribution in [0.15, 0.2) is 12.3 Å². The maximum Gasteiger partial charge on any atom is 0.332 e. The van der Waals surface area contributed by atoms with E-state index in [1.807, 2.05) is 0 Å². The van der Waals surface area contributed by atoms with Gasteiger partial charge in [-0.3, -0.25) is 0 Å². The van der Waals surface area contributed by atoms with Gasteiger partial charge in [0.1, 0.15) is 0 Å². The molecule has 0 fully saturated rings. The third-order valence-electron chi connectivity index (χ3n) is 0.714. The van der Waals surface area contributed by atoms with Crippen LogP contribution in [0.2, 0.25) is 0 Å². The Morgan fingerprint density at radius 1 is 1.56 bits per heavy atom. The maximum absolute atomic E-state index is 9.83. The number of aliphatic carboxylic acids is 1. The van der Waals surface area contributed by atoms with E-state index in [0.717, 1.165) is 0 Å². The van der Waals surface area contributed by atoms with E-state index in [4.69, 9.17) is 15.3 Å². The third kappa shape index (κ3) is 3.54. The summed E-state index contributed by atoms with van der Waals surface area (Å²) in [7, 11) is 0. The van der Waals surface area contributed by atoms with Crippen LogP contribution in [0.4, 0.5) is 0 Å². The van der Waals surface area contributed by atoms with Crippen molar-refractivity contribution in [3.8, 4) is 0 Å². The molecule has 1 atom stereocenters. The summed E-state index contributed by atoms with van der Waals surface area (Å²) in [5.74, 6) is -1.69. The molecule has 52 valence electrons. The predicted octanol–water partition coefficient (Wildman–Crippen LogP) is -0.106. The summed E-state index contributed by atoms with van der Waals surface area (Å²) >= 11 is 0. The number of carboxylic acids is 1. The largest absolute Gasteiger partial charge is 0.513 e. The van der Waals surface area contributed by atoms with Crippen molar-refractivity contribution in [1.82, 2.24) is 0 Å². The molecule has 0 spiro atoms. The van der Waals surface area contributed by atoms with Crippen LogP contribution in [0, 0.1) is 0 Å². The van der Waals surface area contributed by atoms with Crippen molar-refractivity contribution in [2.24, 2.45) is 0 Å². The number of carboxylic acid groups (broad SMARTS) is 1. The number of hydrogen-bond acceptors (Lipinski definition) is 3.